The summed E-state index contributed by atoms with van der Waals surface area (Å²) >= 11 is 0. The highest BCUT2D eigenvalue weighted by atomic mass is 19.1. The molecule has 34 heavy (non-hydrogen) atoms. The Morgan fingerprint density at radius 3 is 2.71 bits per heavy atom. The lowest BCUT2D eigenvalue weighted by Crippen LogP contribution is -2.50. The SMILES string of the molecule is CCC1CCC2(CC1)NC(=O)N(CC(=O)N(C)CCCC1CC(c3cccc(F)c3)NN1)C2=O. The van der Waals surface area contributed by atoms with E-state index >= 15 is 0 Å². The summed E-state index contributed by atoms with van der Waals surface area (Å²) in [4.78, 5) is 41.0. The Morgan fingerprint density at radius 2 is 2.00 bits per heavy atom. The molecule has 1 spiro atoms. The van der Waals surface area contributed by atoms with Gasteiger partial charge in [-0.15, -0.1) is 0 Å². The minimum atomic E-state index is -0.818. The van der Waals surface area contributed by atoms with Crippen LogP contribution in [-0.2, 0) is 9.59 Å². The number of nitrogens with one attached hydrogen (secondary N) is 3. The summed E-state index contributed by atoms with van der Waals surface area (Å²) in [6, 6.07) is 6.43. The van der Waals surface area contributed by atoms with Gasteiger partial charge in [-0.2, -0.15) is 0 Å². The zero-order chi connectivity index (χ0) is 24.3. The Hall–Kier alpha value is -2.52. The average molecular weight is 474 g/mol. The molecule has 2 atom stereocenters. The number of hydrazine groups is 1. The van der Waals surface area contributed by atoms with Crippen molar-refractivity contribution in [1.82, 2.24) is 26.0 Å². The second-order valence-electron chi connectivity index (χ2n) is 10.0. The van der Waals surface area contributed by atoms with Gasteiger partial charge in [0.05, 0.1) is 0 Å². The summed E-state index contributed by atoms with van der Waals surface area (Å²) in [5.41, 5.74) is 6.57. The Labute approximate surface area is 200 Å². The van der Waals surface area contributed by atoms with Gasteiger partial charge in [-0.1, -0.05) is 25.5 Å². The topological polar surface area (TPSA) is 93.8 Å². The Kier molecular flexibility index (Phi) is 7.52. The number of benzene rings is 1. The summed E-state index contributed by atoms with van der Waals surface area (Å²) in [5, 5.41) is 2.89. The van der Waals surface area contributed by atoms with Gasteiger partial charge >= 0.3 is 6.03 Å². The van der Waals surface area contributed by atoms with E-state index in [1.54, 1.807) is 24.1 Å². The van der Waals surface area contributed by atoms with E-state index in [2.05, 4.69) is 23.1 Å². The molecular formula is C25H36FN5O3. The van der Waals surface area contributed by atoms with E-state index in [0.717, 1.165) is 49.0 Å². The molecule has 0 aromatic heterocycles. The maximum Gasteiger partial charge on any atom is 0.325 e. The fourth-order valence-electron chi connectivity index (χ4n) is 5.45. The minimum Gasteiger partial charge on any atom is -0.344 e. The van der Waals surface area contributed by atoms with Gasteiger partial charge < -0.3 is 10.2 Å². The number of carbonyl (C=O) groups excluding carboxylic acids is 3. The molecule has 2 heterocycles. The Bertz CT molecular complexity index is 918. The normalized spacial score (nSPS) is 29.0. The molecule has 1 saturated carbocycles. The monoisotopic (exact) mass is 473 g/mol. The smallest absolute Gasteiger partial charge is 0.325 e. The maximum atomic E-state index is 13.5. The molecule has 2 unspecified atom stereocenters. The number of nitrogens with zero attached hydrogens (tertiary/aromatic N) is 2. The van der Waals surface area contributed by atoms with Crippen molar-refractivity contribution in [3.05, 3.63) is 35.6 Å². The van der Waals surface area contributed by atoms with Crippen LogP contribution in [-0.4, -0.2) is 59.4 Å². The molecule has 1 aliphatic carbocycles. The summed E-state index contributed by atoms with van der Waals surface area (Å²) in [6.45, 7) is 2.47. The molecule has 186 valence electrons. The first kappa shape index (κ1) is 24.6. The van der Waals surface area contributed by atoms with Gasteiger partial charge in [0.2, 0.25) is 5.91 Å². The van der Waals surface area contributed by atoms with Gasteiger partial charge in [0.15, 0.2) is 0 Å². The second kappa shape index (κ2) is 10.4. The number of likely N-dealkylation sites (N-methyl/N-ethyl adjacent to an activating group) is 1. The quantitative estimate of drug-likeness (QED) is 0.505. The Morgan fingerprint density at radius 1 is 1.24 bits per heavy atom. The van der Waals surface area contributed by atoms with Gasteiger partial charge in [-0.25, -0.2) is 9.18 Å². The molecule has 3 aliphatic rings. The first-order valence-corrected chi connectivity index (χ1v) is 12.5. The number of amides is 4. The highest BCUT2D eigenvalue weighted by Crippen LogP contribution is 2.37. The molecule has 4 rings (SSSR count). The molecule has 4 amide bonds. The van der Waals surface area contributed by atoms with Crippen molar-refractivity contribution in [3.8, 4) is 0 Å². The maximum absolute atomic E-state index is 13.5. The van der Waals surface area contributed by atoms with Gasteiger partial charge in [0.1, 0.15) is 17.9 Å². The number of hydrogen-bond acceptors (Lipinski definition) is 5. The van der Waals surface area contributed by atoms with Crippen LogP contribution in [0.4, 0.5) is 9.18 Å². The van der Waals surface area contributed by atoms with Gasteiger partial charge in [-0.05, 0) is 68.6 Å². The number of urea groups is 1. The van der Waals surface area contributed by atoms with Crippen molar-refractivity contribution in [2.45, 2.75) is 75.9 Å². The van der Waals surface area contributed by atoms with E-state index in [1.807, 2.05) is 6.07 Å². The molecule has 1 aromatic rings. The van der Waals surface area contributed by atoms with Crippen molar-refractivity contribution in [1.29, 1.82) is 0 Å². The third-order valence-corrected chi connectivity index (χ3v) is 7.78. The molecule has 8 nitrogen and oxygen atoms in total. The first-order chi connectivity index (χ1) is 16.3. The molecule has 3 fully saturated rings. The fraction of sp³-hybridized carbons (Fsp3) is 0.640. The van der Waals surface area contributed by atoms with Crippen LogP contribution in [0.2, 0.25) is 0 Å². The number of rotatable bonds is 8. The second-order valence-corrected chi connectivity index (χ2v) is 10.0. The summed E-state index contributed by atoms with van der Waals surface area (Å²) < 4.78 is 13.5. The van der Waals surface area contributed by atoms with E-state index in [0.29, 0.717) is 25.3 Å². The third kappa shape index (κ3) is 5.25. The number of halogens is 1. The van der Waals surface area contributed by atoms with E-state index in [9.17, 15) is 18.8 Å². The van der Waals surface area contributed by atoms with Crippen LogP contribution in [0.1, 0.15) is 69.9 Å². The Balaban J connectivity index is 1.21. The van der Waals surface area contributed by atoms with Crippen LogP contribution in [0.3, 0.4) is 0 Å². The van der Waals surface area contributed by atoms with Crippen molar-refractivity contribution in [2.24, 2.45) is 5.92 Å². The fourth-order valence-corrected chi connectivity index (χ4v) is 5.45. The van der Waals surface area contributed by atoms with Crippen LogP contribution >= 0.6 is 0 Å². The lowest BCUT2D eigenvalue weighted by molar-refractivity contribution is -0.139. The van der Waals surface area contributed by atoms with Crippen LogP contribution in [0, 0.1) is 11.7 Å². The van der Waals surface area contributed by atoms with Crippen LogP contribution in [0.25, 0.3) is 0 Å². The zero-order valence-corrected chi connectivity index (χ0v) is 20.1. The van der Waals surface area contributed by atoms with E-state index in [-0.39, 0.29) is 36.3 Å². The van der Waals surface area contributed by atoms with E-state index < -0.39 is 11.6 Å². The number of carbonyl (C=O) groups is 3. The van der Waals surface area contributed by atoms with E-state index in [1.165, 1.54) is 6.07 Å². The standard InChI is InChI=1S/C25H36FN5O3/c1-3-17-9-11-25(12-10-17)23(33)31(24(34)27-25)16-22(32)30(2)13-5-8-20-15-21(29-28-20)18-6-4-7-19(26)14-18/h4,6-7,14,17,20-21,28-29H,3,5,8-13,15-16H2,1-2H3,(H,27,34). The molecule has 3 N–H and O–H groups in total. The molecule has 2 aliphatic heterocycles. The molecule has 9 heteroatoms. The predicted molar refractivity (Wildman–Crippen MR) is 126 cm³/mol. The van der Waals surface area contributed by atoms with Crippen molar-refractivity contribution in [2.75, 3.05) is 20.1 Å². The summed E-state index contributed by atoms with van der Waals surface area (Å²) in [7, 11) is 1.71. The minimum absolute atomic E-state index is 0.0551. The average Bonchev–Trinajstić information content (AvgIpc) is 3.38. The number of imide groups is 1. The third-order valence-electron chi connectivity index (χ3n) is 7.78. The van der Waals surface area contributed by atoms with Gasteiger partial charge in [0, 0.05) is 25.7 Å². The largest absolute Gasteiger partial charge is 0.344 e. The molecule has 0 bridgehead atoms. The van der Waals surface area contributed by atoms with Gasteiger partial charge in [-0.3, -0.25) is 25.3 Å². The molecular weight excluding hydrogens is 437 g/mol. The van der Waals surface area contributed by atoms with Gasteiger partial charge in [0.25, 0.3) is 5.91 Å². The lowest BCUT2D eigenvalue weighted by Gasteiger charge is -2.34. The highest BCUT2D eigenvalue weighted by Gasteiger charge is 2.52. The van der Waals surface area contributed by atoms with Crippen molar-refractivity contribution in [3.63, 3.8) is 0 Å². The van der Waals surface area contributed by atoms with E-state index in [4.69, 9.17) is 0 Å². The molecule has 0 radical (unpaired) electrons. The van der Waals surface area contributed by atoms with Crippen LogP contribution in [0.15, 0.2) is 24.3 Å². The van der Waals surface area contributed by atoms with Crippen molar-refractivity contribution < 1.29 is 18.8 Å². The zero-order valence-electron chi connectivity index (χ0n) is 20.1. The highest BCUT2D eigenvalue weighted by molar-refractivity contribution is 6.09. The van der Waals surface area contributed by atoms with Crippen molar-refractivity contribution >= 4 is 17.8 Å². The number of hydrogen-bond donors (Lipinski definition) is 3. The molecule has 1 aromatic carbocycles. The summed E-state index contributed by atoms with van der Waals surface area (Å²) in [6.07, 6.45) is 6.70. The molecule has 2 saturated heterocycles. The van der Waals surface area contributed by atoms with Crippen LogP contribution in [0.5, 0.6) is 0 Å². The predicted octanol–water partition coefficient (Wildman–Crippen LogP) is 2.86. The van der Waals surface area contributed by atoms with Crippen LogP contribution < -0.4 is 16.2 Å². The lowest BCUT2D eigenvalue weighted by atomic mass is 9.75. The summed E-state index contributed by atoms with van der Waals surface area (Å²) in [5.74, 6) is -0.130. The first-order valence-electron chi connectivity index (χ1n) is 12.5.